The molecule has 0 aromatic heterocycles. The van der Waals surface area contributed by atoms with Gasteiger partial charge in [-0.05, 0) is 37.1 Å². The van der Waals surface area contributed by atoms with E-state index in [2.05, 4.69) is 12.2 Å². The summed E-state index contributed by atoms with van der Waals surface area (Å²) in [5, 5.41) is 2.90. The third-order valence-electron chi connectivity index (χ3n) is 4.57. The maximum absolute atomic E-state index is 11.9. The van der Waals surface area contributed by atoms with Gasteiger partial charge in [0, 0.05) is 31.0 Å². The topological polar surface area (TPSA) is 64.3 Å². The van der Waals surface area contributed by atoms with E-state index in [4.69, 9.17) is 10.5 Å². The largest absolute Gasteiger partial charge is 0.399 e. The highest BCUT2D eigenvalue weighted by Gasteiger charge is 2.03. The van der Waals surface area contributed by atoms with Gasteiger partial charge in [-0.25, -0.2) is 0 Å². The average Bonchev–Trinajstić information content (AvgIpc) is 2.65. The van der Waals surface area contributed by atoms with E-state index in [1.54, 1.807) is 24.3 Å². The molecule has 4 heteroatoms. The van der Waals surface area contributed by atoms with Gasteiger partial charge >= 0.3 is 0 Å². The van der Waals surface area contributed by atoms with Crippen molar-refractivity contribution in [3.05, 3.63) is 29.8 Å². The molecule has 0 unspecified atom stereocenters. The molecular formula is C22H38N2O2. The Kier molecular flexibility index (Phi) is 13.6. The summed E-state index contributed by atoms with van der Waals surface area (Å²) < 4.78 is 5.64. The number of nitrogens with two attached hydrogens (primary N) is 1. The van der Waals surface area contributed by atoms with Crippen LogP contribution in [0.15, 0.2) is 24.3 Å². The second-order valence-electron chi connectivity index (χ2n) is 7.03. The van der Waals surface area contributed by atoms with Gasteiger partial charge in [0.05, 0.1) is 0 Å². The van der Waals surface area contributed by atoms with E-state index in [1.165, 1.54) is 57.8 Å². The van der Waals surface area contributed by atoms with Crippen LogP contribution in [0.25, 0.3) is 0 Å². The second kappa shape index (κ2) is 15.7. The number of unbranched alkanes of at least 4 members (excludes halogenated alkanes) is 9. The van der Waals surface area contributed by atoms with Crippen LogP contribution in [0.4, 0.5) is 5.69 Å². The van der Waals surface area contributed by atoms with E-state index < -0.39 is 0 Å². The zero-order valence-electron chi connectivity index (χ0n) is 16.6. The zero-order valence-corrected chi connectivity index (χ0v) is 16.6. The average molecular weight is 363 g/mol. The van der Waals surface area contributed by atoms with E-state index in [1.807, 2.05) is 0 Å². The summed E-state index contributed by atoms with van der Waals surface area (Å²) in [5.74, 6) is -0.0558. The second-order valence-corrected chi connectivity index (χ2v) is 7.03. The maximum Gasteiger partial charge on any atom is 0.251 e. The summed E-state index contributed by atoms with van der Waals surface area (Å²) in [6.07, 6.45) is 14.3. The Morgan fingerprint density at radius 1 is 0.846 bits per heavy atom. The minimum atomic E-state index is -0.0558. The van der Waals surface area contributed by atoms with E-state index in [-0.39, 0.29) is 5.91 Å². The molecule has 1 aromatic rings. The molecule has 0 heterocycles. The molecule has 26 heavy (non-hydrogen) atoms. The predicted molar refractivity (Wildman–Crippen MR) is 110 cm³/mol. The van der Waals surface area contributed by atoms with Crippen LogP contribution in [-0.4, -0.2) is 25.7 Å². The van der Waals surface area contributed by atoms with Crippen LogP contribution in [-0.2, 0) is 4.74 Å². The van der Waals surface area contributed by atoms with Gasteiger partial charge in [0.25, 0.3) is 5.91 Å². The molecule has 0 bridgehead atoms. The predicted octanol–water partition coefficient (Wildman–Crippen LogP) is 5.33. The first-order chi connectivity index (χ1) is 12.7. The number of nitrogen functional groups attached to an aromatic ring is 1. The van der Waals surface area contributed by atoms with Crippen molar-refractivity contribution in [3.8, 4) is 0 Å². The fraction of sp³-hybridized carbons (Fsp3) is 0.682. The third kappa shape index (κ3) is 11.9. The van der Waals surface area contributed by atoms with Gasteiger partial charge in [0.1, 0.15) is 0 Å². The SMILES string of the molecule is CCCCCCCCCCCCOCCCNC(=O)c1ccc(N)cc1. The highest BCUT2D eigenvalue weighted by Crippen LogP contribution is 2.10. The molecule has 0 saturated heterocycles. The Morgan fingerprint density at radius 2 is 1.38 bits per heavy atom. The fourth-order valence-electron chi connectivity index (χ4n) is 2.91. The molecular weight excluding hydrogens is 324 g/mol. The minimum Gasteiger partial charge on any atom is -0.399 e. The molecule has 1 amide bonds. The zero-order chi connectivity index (χ0) is 18.9. The first kappa shape index (κ1) is 22.5. The Morgan fingerprint density at radius 3 is 2.00 bits per heavy atom. The van der Waals surface area contributed by atoms with E-state index in [0.717, 1.165) is 19.4 Å². The summed E-state index contributed by atoms with van der Waals surface area (Å²) in [4.78, 5) is 11.9. The van der Waals surface area contributed by atoms with Crippen molar-refractivity contribution in [3.63, 3.8) is 0 Å². The molecule has 0 fully saturated rings. The van der Waals surface area contributed by atoms with Gasteiger partial charge in [-0.3, -0.25) is 4.79 Å². The number of carbonyl (C=O) groups excluding carboxylic acids is 1. The molecule has 1 aromatic carbocycles. The van der Waals surface area contributed by atoms with Crippen LogP contribution in [0.3, 0.4) is 0 Å². The van der Waals surface area contributed by atoms with Crippen molar-refractivity contribution in [1.82, 2.24) is 5.32 Å². The Balaban J connectivity index is 1.82. The molecule has 0 aliphatic carbocycles. The minimum absolute atomic E-state index is 0.0558. The third-order valence-corrected chi connectivity index (χ3v) is 4.57. The number of benzene rings is 1. The van der Waals surface area contributed by atoms with Crippen molar-refractivity contribution in [2.75, 3.05) is 25.5 Å². The van der Waals surface area contributed by atoms with Crippen molar-refractivity contribution in [2.45, 2.75) is 77.6 Å². The lowest BCUT2D eigenvalue weighted by Gasteiger charge is -2.07. The van der Waals surface area contributed by atoms with Crippen LogP contribution < -0.4 is 11.1 Å². The highest BCUT2D eigenvalue weighted by atomic mass is 16.5. The van der Waals surface area contributed by atoms with Crippen molar-refractivity contribution in [2.24, 2.45) is 0 Å². The number of amides is 1. The van der Waals surface area contributed by atoms with Crippen molar-refractivity contribution < 1.29 is 9.53 Å². The number of rotatable bonds is 16. The first-order valence-corrected chi connectivity index (χ1v) is 10.5. The summed E-state index contributed by atoms with van der Waals surface area (Å²) in [6, 6.07) is 6.97. The summed E-state index contributed by atoms with van der Waals surface area (Å²) in [7, 11) is 0. The molecule has 0 saturated carbocycles. The Hall–Kier alpha value is -1.55. The van der Waals surface area contributed by atoms with E-state index >= 15 is 0 Å². The van der Waals surface area contributed by atoms with E-state index in [9.17, 15) is 4.79 Å². The Labute approximate surface area is 159 Å². The van der Waals surface area contributed by atoms with E-state index in [0.29, 0.717) is 24.4 Å². The van der Waals surface area contributed by atoms with Crippen LogP contribution in [0, 0.1) is 0 Å². The first-order valence-electron chi connectivity index (χ1n) is 10.5. The van der Waals surface area contributed by atoms with Crippen LogP contribution >= 0.6 is 0 Å². The van der Waals surface area contributed by atoms with Gasteiger partial charge < -0.3 is 15.8 Å². The van der Waals surface area contributed by atoms with Crippen LogP contribution in [0.2, 0.25) is 0 Å². The molecule has 0 atom stereocenters. The lowest BCUT2D eigenvalue weighted by Crippen LogP contribution is -2.25. The van der Waals surface area contributed by atoms with Gasteiger partial charge in [-0.1, -0.05) is 64.7 Å². The number of hydrogen-bond acceptors (Lipinski definition) is 3. The maximum atomic E-state index is 11.9. The van der Waals surface area contributed by atoms with Gasteiger partial charge in [-0.2, -0.15) is 0 Å². The van der Waals surface area contributed by atoms with Crippen molar-refractivity contribution >= 4 is 11.6 Å². The molecule has 0 spiro atoms. The fourth-order valence-corrected chi connectivity index (χ4v) is 2.91. The molecule has 1 rings (SSSR count). The molecule has 4 nitrogen and oxygen atoms in total. The standard InChI is InChI=1S/C22H38N2O2/c1-2-3-4-5-6-7-8-9-10-11-18-26-19-12-17-24-22(25)20-13-15-21(23)16-14-20/h13-16H,2-12,17-19,23H2,1H3,(H,24,25). The number of anilines is 1. The van der Waals surface area contributed by atoms with Crippen molar-refractivity contribution in [1.29, 1.82) is 0 Å². The smallest absolute Gasteiger partial charge is 0.251 e. The lowest BCUT2D eigenvalue weighted by atomic mass is 10.1. The van der Waals surface area contributed by atoms with Gasteiger partial charge in [0.2, 0.25) is 0 Å². The number of ether oxygens (including phenoxy) is 1. The van der Waals surface area contributed by atoms with Crippen LogP contribution in [0.5, 0.6) is 0 Å². The molecule has 0 radical (unpaired) electrons. The Bertz CT molecular complexity index is 460. The molecule has 0 aliphatic rings. The number of hydrogen-bond donors (Lipinski definition) is 2. The highest BCUT2D eigenvalue weighted by molar-refractivity contribution is 5.94. The van der Waals surface area contributed by atoms with Gasteiger partial charge in [0.15, 0.2) is 0 Å². The summed E-state index contributed by atoms with van der Waals surface area (Å²) >= 11 is 0. The number of carbonyl (C=O) groups is 1. The molecule has 0 aliphatic heterocycles. The lowest BCUT2D eigenvalue weighted by molar-refractivity contribution is 0.0940. The summed E-state index contributed by atoms with van der Waals surface area (Å²) in [6.45, 7) is 4.45. The quantitative estimate of drug-likeness (QED) is 0.309. The number of nitrogens with one attached hydrogen (secondary N) is 1. The van der Waals surface area contributed by atoms with Gasteiger partial charge in [-0.15, -0.1) is 0 Å². The molecule has 3 N–H and O–H groups in total. The normalized spacial score (nSPS) is 10.8. The summed E-state index contributed by atoms with van der Waals surface area (Å²) in [5.41, 5.74) is 6.93. The van der Waals surface area contributed by atoms with Crippen LogP contribution in [0.1, 0.15) is 87.9 Å². The monoisotopic (exact) mass is 362 g/mol. The molecule has 148 valence electrons.